The normalized spacial score (nSPS) is 10.8. The maximum Gasteiger partial charge on any atom is 0.309 e. The van der Waals surface area contributed by atoms with Gasteiger partial charge in [-0.1, -0.05) is 47.3 Å². The van der Waals surface area contributed by atoms with Crippen LogP contribution in [-0.2, 0) is 9.59 Å². The van der Waals surface area contributed by atoms with Gasteiger partial charge in [0.1, 0.15) is 0 Å². The second-order valence-corrected chi connectivity index (χ2v) is 5.84. The topological polar surface area (TPSA) is 58.2 Å². The molecule has 0 saturated heterocycles. The van der Waals surface area contributed by atoms with Crippen LogP contribution in [0.25, 0.3) is 0 Å². The average molecular weight is 361 g/mol. The van der Waals surface area contributed by atoms with Crippen molar-refractivity contribution in [1.82, 2.24) is 10.6 Å². The predicted octanol–water partition coefficient (Wildman–Crippen LogP) is 3.31. The first-order valence-electron chi connectivity index (χ1n) is 7.93. The summed E-state index contributed by atoms with van der Waals surface area (Å²) >= 11 is 3.44. The molecular formula is C16H29BrN2O2. The summed E-state index contributed by atoms with van der Waals surface area (Å²) < 4.78 is 0. The highest BCUT2D eigenvalue weighted by Gasteiger charge is 2.08. The molecule has 0 aliphatic heterocycles. The minimum absolute atomic E-state index is 0.548. The van der Waals surface area contributed by atoms with Crippen LogP contribution < -0.4 is 10.6 Å². The van der Waals surface area contributed by atoms with E-state index in [4.69, 9.17) is 0 Å². The fourth-order valence-electron chi connectivity index (χ4n) is 1.91. The maximum atomic E-state index is 11.1. The Morgan fingerprint density at radius 2 is 1.43 bits per heavy atom. The molecule has 0 heterocycles. The van der Waals surface area contributed by atoms with Crippen molar-refractivity contribution in [2.45, 2.75) is 57.8 Å². The minimum atomic E-state index is -0.578. The van der Waals surface area contributed by atoms with Crippen molar-refractivity contribution in [1.29, 1.82) is 0 Å². The van der Waals surface area contributed by atoms with Crippen molar-refractivity contribution in [2.75, 3.05) is 18.9 Å². The molecule has 4 nitrogen and oxygen atoms in total. The van der Waals surface area contributed by atoms with Crippen LogP contribution in [0, 0.1) is 0 Å². The number of allylic oxidation sites excluding steroid dienone is 2. The van der Waals surface area contributed by atoms with Crippen molar-refractivity contribution in [3.05, 3.63) is 12.2 Å². The molecule has 21 heavy (non-hydrogen) atoms. The maximum absolute atomic E-state index is 11.1. The molecule has 0 fully saturated rings. The minimum Gasteiger partial charge on any atom is -0.351 e. The number of hydrogen-bond acceptors (Lipinski definition) is 2. The van der Waals surface area contributed by atoms with Crippen LogP contribution in [0.15, 0.2) is 12.2 Å². The molecule has 0 unspecified atom stereocenters. The van der Waals surface area contributed by atoms with Crippen LogP contribution in [0.1, 0.15) is 57.8 Å². The van der Waals surface area contributed by atoms with E-state index in [2.05, 4.69) is 38.7 Å². The van der Waals surface area contributed by atoms with Crippen LogP contribution in [0.3, 0.4) is 0 Å². The van der Waals surface area contributed by atoms with Crippen LogP contribution in [0.5, 0.6) is 0 Å². The largest absolute Gasteiger partial charge is 0.351 e. The van der Waals surface area contributed by atoms with Crippen molar-refractivity contribution in [2.24, 2.45) is 0 Å². The fraction of sp³-hybridized carbons (Fsp3) is 0.750. The summed E-state index contributed by atoms with van der Waals surface area (Å²) in [6.45, 7) is 0.563. The Labute approximate surface area is 137 Å². The number of nitrogens with one attached hydrogen (secondary N) is 2. The lowest BCUT2D eigenvalue weighted by atomic mass is 10.1. The number of carbonyl (C=O) groups is 2. The van der Waals surface area contributed by atoms with Crippen molar-refractivity contribution in [3.63, 3.8) is 0 Å². The summed E-state index contributed by atoms with van der Waals surface area (Å²) in [6.07, 6.45) is 15.2. The number of likely N-dealkylation sites (N-methyl/N-ethyl adjacent to an activating group) is 1. The highest BCUT2D eigenvalue weighted by atomic mass is 79.9. The van der Waals surface area contributed by atoms with Crippen LogP contribution >= 0.6 is 15.9 Å². The van der Waals surface area contributed by atoms with Gasteiger partial charge in [0.15, 0.2) is 0 Å². The standard InChI is InChI=1S/C16H29BrN2O2/c1-18-15(20)16(21)19-14-12-10-8-6-4-2-3-5-7-9-11-13-17/h4,6H,2-3,5,7-14H2,1H3,(H,18,20)(H,19,21). The lowest BCUT2D eigenvalue weighted by molar-refractivity contribution is -0.138. The first-order valence-corrected chi connectivity index (χ1v) is 9.05. The second kappa shape index (κ2) is 15.5. The molecular weight excluding hydrogens is 332 g/mol. The van der Waals surface area contributed by atoms with Gasteiger partial charge in [0.05, 0.1) is 0 Å². The predicted molar refractivity (Wildman–Crippen MR) is 91.6 cm³/mol. The summed E-state index contributed by atoms with van der Waals surface area (Å²) in [4.78, 5) is 22.1. The Morgan fingerprint density at radius 1 is 0.857 bits per heavy atom. The van der Waals surface area contributed by atoms with Gasteiger partial charge in [-0.3, -0.25) is 9.59 Å². The van der Waals surface area contributed by atoms with E-state index < -0.39 is 11.8 Å². The SMILES string of the molecule is CNC(=O)C(=O)NCCCCC=CCCCCCCCBr. The highest BCUT2D eigenvalue weighted by Crippen LogP contribution is 2.07. The molecule has 0 aromatic heterocycles. The lowest BCUT2D eigenvalue weighted by Gasteiger charge is -2.02. The third kappa shape index (κ3) is 13.9. The summed E-state index contributed by atoms with van der Waals surface area (Å²) in [5.41, 5.74) is 0. The molecule has 0 rings (SSSR count). The van der Waals surface area contributed by atoms with Gasteiger partial charge in [0.2, 0.25) is 0 Å². The number of amides is 2. The third-order valence-electron chi connectivity index (χ3n) is 3.19. The number of halogens is 1. The Bertz CT molecular complexity index is 307. The van der Waals surface area contributed by atoms with Gasteiger partial charge < -0.3 is 10.6 Å². The summed E-state index contributed by atoms with van der Waals surface area (Å²) in [5.74, 6) is -1.13. The lowest BCUT2D eigenvalue weighted by Crippen LogP contribution is -2.38. The van der Waals surface area contributed by atoms with E-state index >= 15 is 0 Å². The molecule has 2 N–H and O–H groups in total. The smallest absolute Gasteiger partial charge is 0.309 e. The summed E-state index contributed by atoms with van der Waals surface area (Å²) in [6, 6.07) is 0. The zero-order valence-corrected chi connectivity index (χ0v) is 14.7. The van der Waals surface area contributed by atoms with E-state index in [1.807, 2.05) is 0 Å². The molecule has 0 aliphatic rings. The van der Waals surface area contributed by atoms with Gasteiger partial charge in [-0.15, -0.1) is 0 Å². The van der Waals surface area contributed by atoms with Gasteiger partial charge in [0, 0.05) is 18.9 Å². The van der Waals surface area contributed by atoms with E-state index in [0.29, 0.717) is 6.54 Å². The molecule has 0 aromatic carbocycles. The van der Waals surface area contributed by atoms with E-state index in [9.17, 15) is 9.59 Å². The van der Waals surface area contributed by atoms with Gasteiger partial charge in [-0.25, -0.2) is 0 Å². The average Bonchev–Trinajstić information content (AvgIpc) is 2.50. The van der Waals surface area contributed by atoms with E-state index in [1.54, 1.807) is 0 Å². The van der Waals surface area contributed by atoms with Crippen molar-refractivity contribution >= 4 is 27.7 Å². The Balaban J connectivity index is 3.26. The van der Waals surface area contributed by atoms with Crippen molar-refractivity contribution in [3.8, 4) is 0 Å². The van der Waals surface area contributed by atoms with Crippen LogP contribution in [-0.4, -0.2) is 30.7 Å². The highest BCUT2D eigenvalue weighted by molar-refractivity contribution is 9.09. The Morgan fingerprint density at radius 3 is 2.05 bits per heavy atom. The Kier molecular flexibility index (Phi) is 14.9. The zero-order chi connectivity index (χ0) is 15.8. The molecule has 0 atom stereocenters. The first-order chi connectivity index (χ1) is 10.2. The van der Waals surface area contributed by atoms with E-state index in [0.717, 1.165) is 24.6 Å². The molecule has 0 aliphatic carbocycles. The van der Waals surface area contributed by atoms with E-state index in [-0.39, 0.29) is 0 Å². The van der Waals surface area contributed by atoms with Gasteiger partial charge >= 0.3 is 11.8 Å². The first kappa shape index (κ1) is 20.2. The van der Waals surface area contributed by atoms with Crippen LogP contribution in [0.4, 0.5) is 0 Å². The Hall–Kier alpha value is -0.840. The van der Waals surface area contributed by atoms with Gasteiger partial charge in [-0.05, 0) is 38.5 Å². The number of rotatable bonds is 12. The number of unbranched alkanes of at least 4 members (excludes halogenated alkanes) is 7. The number of hydrogen-bond donors (Lipinski definition) is 2. The van der Waals surface area contributed by atoms with E-state index in [1.165, 1.54) is 45.6 Å². The molecule has 0 spiro atoms. The van der Waals surface area contributed by atoms with Gasteiger partial charge in [-0.2, -0.15) is 0 Å². The molecule has 0 aromatic rings. The number of carbonyl (C=O) groups excluding carboxylic acids is 2. The molecule has 0 radical (unpaired) electrons. The van der Waals surface area contributed by atoms with Crippen LogP contribution in [0.2, 0.25) is 0 Å². The summed E-state index contributed by atoms with van der Waals surface area (Å²) in [7, 11) is 1.45. The molecule has 2 amide bonds. The second-order valence-electron chi connectivity index (χ2n) is 5.05. The molecule has 5 heteroatoms. The monoisotopic (exact) mass is 360 g/mol. The third-order valence-corrected chi connectivity index (χ3v) is 3.75. The fourth-order valence-corrected chi connectivity index (χ4v) is 2.30. The van der Waals surface area contributed by atoms with Crippen molar-refractivity contribution < 1.29 is 9.59 Å². The zero-order valence-electron chi connectivity index (χ0n) is 13.1. The quantitative estimate of drug-likeness (QED) is 0.243. The molecule has 122 valence electrons. The van der Waals surface area contributed by atoms with Gasteiger partial charge in [0.25, 0.3) is 0 Å². The molecule has 0 saturated carbocycles. The summed E-state index contributed by atoms with van der Waals surface area (Å²) in [5, 5.41) is 6.01. The number of alkyl halides is 1. The molecule has 0 bridgehead atoms.